The lowest BCUT2D eigenvalue weighted by Gasteiger charge is -2.11. The summed E-state index contributed by atoms with van der Waals surface area (Å²) in [5.41, 5.74) is 6.45. The molecule has 1 N–H and O–H groups in total. The smallest absolute Gasteiger partial charge is 0.0949 e. The highest BCUT2D eigenvalue weighted by molar-refractivity contribution is 5.63. The maximum absolute atomic E-state index is 4.13. The van der Waals surface area contributed by atoms with E-state index >= 15 is 0 Å². The molecule has 0 saturated carbocycles. The molecule has 0 unspecified atom stereocenters. The molecule has 0 amide bonds. The maximum Gasteiger partial charge on any atom is 0.0949 e. The van der Waals surface area contributed by atoms with Crippen molar-refractivity contribution in [2.45, 2.75) is 19.6 Å². The van der Waals surface area contributed by atoms with Gasteiger partial charge in [0, 0.05) is 32.0 Å². The average molecular weight is 353 g/mol. The van der Waals surface area contributed by atoms with Crippen LogP contribution >= 0.6 is 0 Å². The molecule has 3 nitrogen and oxygen atoms in total. The number of rotatable bonds is 7. The minimum atomic E-state index is 0.851. The SMILES string of the molecule is c1ccc(-c2ccc(CNCc3ccccc3Cn3ccnc3)cc2)cc1. The predicted octanol–water partition coefficient (Wildman–Crippen LogP) is 4.89. The van der Waals surface area contributed by atoms with E-state index in [1.165, 1.54) is 27.8 Å². The summed E-state index contributed by atoms with van der Waals surface area (Å²) in [6.07, 6.45) is 5.68. The molecule has 0 atom stereocenters. The molecule has 0 aliphatic rings. The normalized spacial score (nSPS) is 10.8. The lowest BCUT2D eigenvalue weighted by Crippen LogP contribution is -2.14. The molecule has 0 spiro atoms. The lowest BCUT2D eigenvalue weighted by molar-refractivity contribution is 0.680. The Morgan fingerprint density at radius 1 is 0.704 bits per heavy atom. The van der Waals surface area contributed by atoms with Gasteiger partial charge in [0.2, 0.25) is 0 Å². The standard InChI is InChI=1S/C24H23N3/c1-2-6-21(7-3-1)22-12-10-20(11-13-22)16-26-17-23-8-4-5-9-24(23)18-27-15-14-25-19-27/h1-15,19,26H,16-18H2. The van der Waals surface area contributed by atoms with Crippen molar-refractivity contribution in [1.29, 1.82) is 0 Å². The molecule has 0 saturated heterocycles. The first-order chi connectivity index (χ1) is 13.4. The highest BCUT2D eigenvalue weighted by Gasteiger charge is 2.03. The van der Waals surface area contributed by atoms with Gasteiger partial charge in [-0.15, -0.1) is 0 Å². The predicted molar refractivity (Wildman–Crippen MR) is 110 cm³/mol. The molecule has 134 valence electrons. The van der Waals surface area contributed by atoms with Gasteiger partial charge in [0.05, 0.1) is 6.33 Å². The van der Waals surface area contributed by atoms with E-state index in [0.29, 0.717) is 0 Å². The summed E-state index contributed by atoms with van der Waals surface area (Å²) in [6, 6.07) is 27.8. The summed E-state index contributed by atoms with van der Waals surface area (Å²) >= 11 is 0. The van der Waals surface area contributed by atoms with Gasteiger partial charge in [0.15, 0.2) is 0 Å². The number of nitrogens with zero attached hydrogens (tertiary/aromatic N) is 2. The molecule has 0 aliphatic carbocycles. The van der Waals surface area contributed by atoms with Gasteiger partial charge in [-0.3, -0.25) is 0 Å². The molecule has 0 radical (unpaired) electrons. The van der Waals surface area contributed by atoms with Crippen molar-refractivity contribution in [3.05, 3.63) is 114 Å². The van der Waals surface area contributed by atoms with Crippen molar-refractivity contribution in [2.75, 3.05) is 0 Å². The topological polar surface area (TPSA) is 29.9 Å². The van der Waals surface area contributed by atoms with Gasteiger partial charge in [0.1, 0.15) is 0 Å². The Kier molecular flexibility index (Phi) is 5.42. The minimum absolute atomic E-state index is 0.851. The first kappa shape index (κ1) is 17.3. The number of hydrogen-bond donors (Lipinski definition) is 1. The van der Waals surface area contributed by atoms with E-state index in [0.717, 1.165) is 19.6 Å². The van der Waals surface area contributed by atoms with Gasteiger partial charge in [-0.1, -0.05) is 78.9 Å². The Bertz CT molecular complexity index is 958. The van der Waals surface area contributed by atoms with Crippen LogP contribution in [0.5, 0.6) is 0 Å². The van der Waals surface area contributed by atoms with E-state index in [1.54, 1.807) is 0 Å². The second-order valence-corrected chi connectivity index (χ2v) is 6.67. The summed E-state index contributed by atoms with van der Waals surface area (Å²) < 4.78 is 2.10. The maximum atomic E-state index is 4.13. The van der Waals surface area contributed by atoms with E-state index in [9.17, 15) is 0 Å². The minimum Gasteiger partial charge on any atom is -0.333 e. The average Bonchev–Trinajstić information content (AvgIpc) is 3.24. The van der Waals surface area contributed by atoms with Gasteiger partial charge in [0.25, 0.3) is 0 Å². The van der Waals surface area contributed by atoms with Gasteiger partial charge in [-0.2, -0.15) is 0 Å². The van der Waals surface area contributed by atoms with Gasteiger partial charge in [-0.05, 0) is 27.8 Å². The number of benzene rings is 3. The quantitative estimate of drug-likeness (QED) is 0.513. The van der Waals surface area contributed by atoms with Crippen LogP contribution in [0.4, 0.5) is 0 Å². The summed E-state index contributed by atoms with van der Waals surface area (Å²) in [5, 5.41) is 3.57. The largest absolute Gasteiger partial charge is 0.333 e. The van der Waals surface area contributed by atoms with E-state index in [2.05, 4.69) is 87.7 Å². The molecule has 27 heavy (non-hydrogen) atoms. The van der Waals surface area contributed by atoms with Crippen LogP contribution < -0.4 is 5.32 Å². The summed E-state index contributed by atoms with van der Waals surface area (Å²) in [6.45, 7) is 2.56. The number of imidazole rings is 1. The second kappa shape index (κ2) is 8.47. The Labute approximate surface area is 160 Å². The van der Waals surface area contributed by atoms with Crippen molar-refractivity contribution in [1.82, 2.24) is 14.9 Å². The molecule has 3 heteroatoms. The number of hydrogen-bond acceptors (Lipinski definition) is 2. The fourth-order valence-corrected chi connectivity index (χ4v) is 3.25. The van der Waals surface area contributed by atoms with Crippen LogP contribution in [0.2, 0.25) is 0 Å². The number of nitrogens with one attached hydrogen (secondary N) is 1. The van der Waals surface area contributed by atoms with Crippen LogP contribution in [0.15, 0.2) is 97.6 Å². The molecule has 0 fully saturated rings. The summed E-state index contributed by atoms with van der Waals surface area (Å²) in [4.78, 5) is 4.13. The fraction of sp³-hybridized carbons (Fsp3) is 0.125. The molecule has 1 heterocycles. The molecular weight excluding hydrogens is 330 g/mol. The molecular formula is C24H23N3. The molecule has 1 aromatic heterocycles. The Morgan fingerprint density at radius 2 is 1.41 bits per heavy atom. The van der Waals surface area contributed by atoms with E-state index in [4.69, 9.17) is 0 Å². The molecule has 3 aromatic carbocycles. The Morgan fingerprint density at radius 3 is 2.15 bits per heavy atom. The summed E-state index contributed by atoms with van der Waals surface area (Å²) in [7, 11) is 0. The van der Waals surface area contributed by atoms with Crippen molar-refractivity contribution in [3.63, 3.8) is 0 Å². The second-order valence-electron chi connectivity index (χ2n) is 6.67. The van der Waals surface area contributed by atoms with Crippen molar-refractivity contribution in [2.24, 2.45) is 0 Å². The van der Waals surface area contributed by atoms with Crippen LogP contribution in [-0.4, -0.2) is 9.55 Å². The van der Waals surface area contributed by atoms with Crippen LogP contribution in [0.3, 0.4) is 0 Å². The van der Waals surface area contributed by atoms with Crippen LogP contribution in [0.1, 0.15) is 16.7 Å². The molecule has 4 rings (SSSR count). The monoisotopic (exact) mass is 353 g/mol. The van der Waals surface area contributed by atoms with Crippen LogP contribution in [-0.2, 0) is 19.6 Å². The third kappa shape index (κ3) is 4.52. The van der Waals surface area contributed by atoms with E-state index in [1.807, 2.05) is 24.8 Å². The third-order valence-electron chi connectivity index (χ3n) is 4.74. The van der Waals surface area contributed by atoms with Crippen molar-refractivity contribution in [3.8, 4) is 11.1 Å². The highest BCUT2D eigenvalue weighted by atomic mass is 15.0. The third-order valence-corrected chi connectivity index (χ3v) is 4.74. The lowest BCUT2D eigenvalue weighted by atomic mass is 10.0. The van der Waals surface area contributed by atoms with Gasteiger partial charge >= 0.3 is 0 Å². The van der Waals surface area contributed by atoms with Gasteiger partial charge < -0.3 is 9.88 Å². The zero-order valence-corrected chi connectivity index (χ0v) is 15.3. The van der Waals surface area contributed by atoms with E-state index < -0.39 is 0 Å². The zero-order chi connectivity index (χ0) is 18.3. The van der Waals surface area contributed by atoms with E-state index in [-0.39, 0.29) is 0 Å². The molecule has 0 aliphatic heterocycles. The van der Waals surface area contributed by atoms with Crippen LogP contribution in [0.25, 0.3) is 11.1 Å². The van der Waals surface area contributed by atoms with Crippen LogP contribution in [0, 0.1) is 0 Å². The van der Waals surface area contributed by atoms with Gasteiger partial charge in [-0.25, -0.2) is 4.98 Å². The number of aromatic nitrogens is 2. The first-order valence-corrected chi connectivity index (χ1v) is 9.26. The Balaban J connectivity index is 1.36. The summed E-state index contributed by atoms with van der Waals surface area (Å²) in [5.74, 6) is 0. The van der Waals surface area contributed by atoms with Crippen molar-refractivity contribution >= 4 is 0 Å². The zero-order valence-electron chi connectivity index (χ0n) is 15.3. The Hall–Kier alpha value is -3.17. The van der Waals surface area contributed by atoms with Crippen molar-refractivity contribution < 1.29 is 0 Å². The first-order valence-electron chi connectivity index (χ1n) is 9.26. The fourth-order valence-electron chi connectivity index (χ4n) is 3.25. The highest BCUT2D eigenvalue weighted by Crippen LogP contribution is 2.19. The molecule has 0 bridgehead atoms. The molecule has 4 aromatic rings.